The molecule has 0 amide bonds. The van der Waals surface area contributed by atoms with Crippen molar-refractivity contribution in [1.82, 2.24) is 14.1 Å². The molecule has 0 radical (unpaired) electrons. The topological polar surface area (TPSA) is 22.8 Å². The summed E-state index contributed by atoms with van der Waals surface area (Å²) >= 11 is 0. The Morgan fingerprint density at radius 2 is 0.778 bits per heavy atom. The maximum atomic E-state index is 5.94. The number of para-hydroxylation sites is 4. The Morgan fingerprint density at radius 3 is 1.33 bits per heavy atom. The van der Waals surface area contributed by atoms with Crippen molar-refractivity contribution < 1.29 is 0 Å². The third-order valence-electron chi connectivity index (χ3n) is 11.5. The Kier molecular flexibility index (Phi) is 6.05. The van der Waals surface area contributed by atoms with E-state index in [1.165, 1.54) is 60.1 Å². The zero-order valence-electron chi connectivity index (χ0n) is 29.2. The third kappa shape index (κ3) is 3.98. The summed E-state index contributed by atoms with van der Waals surface area (Å²) in [6.07, 6.45) is 0. The second kappa shape index (κ2) is 11.1. The Balaban J connectivity index is 1.30. The van der Waals surface area contributed by atoms with Crippen molar-refractivity contribution in [2.75, 3.05) is 0 Å². The minimum Gasteiger partial charge on any atom is -0.306 e. The van der Waals surface area contributed by atoms with Crippen molar-refractivity contribution in [3.8, 4) is 56.1 Å². The molecular weight excluding hydrogens is 655 g/mol. The zero-order chi connectivity index (χ0) is 35.3. The van der Waals surface area contributed by atoms with Gasteiger partial charge in [0, 0.05) is 38.2 Å². The lowest BCUT2D eigenvalue weighted by Crippen LogP contribution is -2.08. The lowest BCUT2D eigenvalue weighted by atomic mass is 9.96. The highest BCUT2D eigenvalue weighted by atomic mass is 15.1. The molecule has 0 N–H and O–H groups in total. The predicted molar refractivity (Wildman–Crippen MR) is 226 cm³/mol. The number of pyridine rings is 1. The Labute approximate surface area is 311 Å². The molecule has 0 saturated heterocycles. The molecule has 3 heteroatoms. The van der Waals surface area contributed by atoms with Crippen LogP contribution in [0.25, 0.3) is 111 Å². The van der Waals surface area contributed by atoms with Crippen molar-refractivity contribution in [2.24, 2.45) is 0 Å². The lowest BCUT2D eigenvalue weighted by molar-refractivity contribution is 1.07. The van der Waals surface area contributed by atoms with Gasteiger partial charge in [-0.1, -0.05) is 164 Å². The lowest BCUT2D eigenvalue weighted by Gasteiger charge is -2.22. The van der Waals surface area contributed by atoms with Gasteiger partial charge in [0.1, 0.15) is 5.82 Å². The summed E-state index contributed by atoms with van der Waals surface area (Å²) in [5.41, 5.74) is 14.9. The minimum atomic E-state index is 0.942. The summed E-state index contributed by atoms with van der Waals surface area (Å²) in [5, 5.41) is 7.41. The first kappa shape index (κ1) is 29.4. The van der Waals surface area contributed by atoms with Crippen LogP contribution in [0.4, 0.5) is 0 Å². The fraction of sp³-hybridized carbons (Fsp3) is 0. The fourth-order valence-corrected chi connectivity index (χ4v) is 9.18. The largest absolute Gasteiger partial charge is 0.306 e. The van der Waals surface area contributed by atoms with E-state index in [1.54, 1.807) is 0 Å². The average Bonchev–Trinajstić information content (AvgIpc) is 3.88. The standard InChI is InChI=1S/C51H31N3/c1-2-14-32(15-3-1)33-28-30-35(31-29-33)49-50(53-42-24-8-4-18-36(42)37-19-5-9-25-43(37)53)47-40-22-12-16-34-17-13-23-41(46(34)40)48(47)51(52-49)54-44-26-10-6-20-38(44)39-21-7-11-27-45(39)54/h1-31H. The number of fused-ring (bicyclic) bond motifs is 9. The van der Waals surface area contributed by atoms with Crippen LogP contribution in [0.2, 0.25) is 0 Å². The van der Waals surface area contributed by atoms with E-state index >= 15 is 0 Å². The van der Waals surface area contributed by atoms with E-state index < -0.39 is 0 Å². The first-order valence-corrected chi connectivity index (χ1v) is 18.6. The number of aromatic nitrogens is 3. The van der Waals surface area contributed by atoms with Crippen LogP contribution in [0.3, 0.4) is 0 Å². The third-order valence-corrected chi connectivity index (χ3v) is 11.5. The molecule has 0 atom stereocenters. The Morgan fingerprint density at radius 1 is 0.333 bits per heavy atom. The molecule has 0 spiro atoms. The van der Waals surface area contributed by atoms with Crippen molar-refractivity contribution >= 4 is 54.4 Å². The molecule has 0 aliphatic heterocycles. The van der Waals surface area contributed by atoms with Gasteiger partial charge in [0.25, 0.3) is 0 Å². The average molecular weight is 686 g/mol. The monoisotopic (exact) mass is 685 g/mol. The highest BCUT2D eigenvalue weighted by molar-refractivity contribution is 6.21. The van der Waals surface area contributed by atoms with Crippen molar-refractivity contribution in [3.05, 3.63) is 188 Å². The highest BCUT2D eigenvalue weighted by Crippen LogP contribution is 2.55. The van der Waals surface area contributed by atoms with Gasteiger partial charge in [0.15, 0.2) is 0 Å². The van der Waals surface area contributed by atoms with Gasteiger partial charge in [0.05, 0.1) is 33.4 Å². The molecule has 8 aromatic carbocycles. The molecule has 12 rings (SSSR count). The van der Waals surface area contributed by atoms with E-state index in [0.29, 0.717) is 0 Å². The molecule has 250 valence electrons. The number of rotatable bonds is 4. The van der Waals surface area contributed by atoms with E-state index in [2.05, 4.69) is 197 Å². The minimum absolute atomic E-state index is 0.942. The van der Waals surface area contributed by atoms with Crippen LogP contribution in [0.15, 0.2) is 188 Å². The summed E-state index contributed by atoms with van der Waals surface area (Å²) in [5.74, 6) is 0.942. The summed E-state index contributed by atoms with van der Waals surface area (Å²) in [4.78, 5) is 5.94. The predicted octanol–water partition coefficient (Wildman–Crippen LogP) is 13.4. The van der Waals surface area contributed by atoms with Crippen LogP contribution < -0.4 is 0 Å². The molecule has 3 aromatic heterocycles. The number of hydrogen-bond acceptors (Lipinski definition) is 1. The Hall–Kier alpha value is -7.23. The van der Waals surface area contributed by atoms with Gasteiger partial charge in [-0.25, -0.2) is 4.98 Å². The smallest absolute Gasteiger partial charge is 0.147 e. The molecule has 54 heavy (non-hydrogen) atoms. The van der Waals surface area contributed by atoms with Gasteiger partial charge < -0.3 is 4.57 Å². The van der Waals surface area contributed by atoms with E-state index in [-0.39, 0.29) is 0 Å². The summed E-state index contributed by atoms with van der Waals surface area (Å²) in [7, 11) is 0. The van der Waals surface area contributed by atoms with Gasteiger partial charge in [-0.05, 0) is 57.3 Å². The van der Waals surface area contributed by atoms with Gasteiger partial charge in [0.2, 0.25) is 0 Å². The second-order valence-electron chi connectivity index (χ2n) is 14.3. The molecule has 0 bridgehead atoms. The van der Waals surface area contributed by atoms with E-state index in [0.717, 1.165) is 50.4 Å². The number of hydrogen-bond donors (Lipinski definition) is 0. The first-order valence-electron chi connectivity index (χ1n) is 18.6. The van der Waals surface area contributed by atoms with Gasteiger partial charge >= 0.3 is 0 Å². The van der Waals surface area contributed by atoms with E-state index in [4.69, 9.17) is 4.98 Å². The maximum Gasteiger partial charge on any atom is 0.147 e. The molecule has 0 unspecified atom stereocenters. The SMILES string of the molecule is c1ccc(-c2ccc(-c3nc(-n4c5ccccc5c5ccccc54)c4c(c3-n3c5ccccc5c5ccccc53)-c3cccc5cccc-4c35)cc2)cc1. The second-order valence-corrected chi connectivity index (χ2v) is 14.3. The van der Waals surface area contributed by atoms with Gasteiger partial charge in [-0.15, -0.1) is 0 Å². The number of benzene rings is 8. The van der Waals surface area contributed by atoms with Crippen LogP contribution in [0.1, 0.15) is 0 Å². The summed E-state index contributed by atoms with van der Waals surface area (Å²) < 4.78 is 4.89. The van der Waals surface area contributed by atoms with Crippen molar-refractivity contribution in [3.63, 3.8) is 0 Å². The summed E-state index contributed by atoms with van der Waals surface area (Å²) in [6.45, 7) is 0. The van der Waals surface area contributed by atoms with Crippen LogP contribution in [-0.4, -0.2) is 14.1 Å². The Bertz CT molecular complexity index is 3200. The van der Waals surface area contributed by atoms with Crippen LogP contribution in [-0.2, 0) is 0 Å². The fourth-order valence-electron chi connectivity index (χ4n) is 9.18. The molecule has 3 nitrogen and oxygen atoms in total. The van der Waals surface area contributed by atoms with Crippen LogP contribution in [0.5, 0.6) is 0 Å². The normalized spacial score (nSPS) is 12.1. The van der Waals surface area contributed by atoms with Crippen molar-refractivity contribution in [1.29, 1.82) is 0 Å². The van der Waals surface area contributed by atoms with Crippen LogP contribution in [0, 0.1) is 0 Å². The molecule has 0 saturated carbocycles. The molecule has 11 aromatic rings. The number of nitrogens with zero attached hydrogens (tertiary/aromatic N) is 3. The first-order chi connectivity index (χ1) is 26.8. The maximum absolute atomic E-state index is 5.94. The zero-order valence-corrected chi connectivity index (χ0v) is 29.2. The molecular formula is C51H31N3. The highest BCUT2D eigenvalue weighted by Gasteiger charge is 2.33. The van der Waals surface area contributed by atoms with E-state index in [9.17, 15) is 0 Å². The molecule has 0 fully saturated rings. The van der Waals surface area contributed by atoms with Gasteiger partial charge in [-0.3, -0.25) is 4.57 Å². The molecule has 1 aliphatic rings. The summed E-state index contributed by atoms with van der Waals surface area (Å²) in [6, 6.07) is 68.2. The molecule has 3 heterocycles. The molecule has 1 aliphatic carbocycles. The van der Waals surface area contributed by atoms with Crippen LogP contribution >= 0.6 is 0 Å². The van der Waals surface area contributed by atoms with Gasteiger partial charge in [-0.2, -0.15) is 0 Å². The van der Waals surface area contributed by atoms with E-state index in [1.807, 2.05) is 0 Å². The quantitative estimate of drug-likeness (QED) is 0.181. The van der Waals surface area contributed by atoms with Crippen molar-refractivity contribution in [2.45, 2.75) is 0 Å².